The molecule has 2 saturated heterocycles. The van der Waals surface area contributed by atoms with Crippen molar-refractivity contribution in [2.45, 2.75) is 44.2 Å². The molecule has 0 radical (unpaired) electrons. The van der Waals surface area contributed by atoms with Crippen molar-refractivity contribution in [1.29, 1.82) is 0 Å². The molecule has 0 saturated carbocycles. The summed E-state index contributed by atoms with van der Waals surface area (Å²) in [5, 5.41) is 15.0. The number of carbonyl (C=O) groups is 1. The van der Waals surface area contributed by atoms with Crippen LogP contribution < -0.4 is 10.6 Å². The zero-order valence-electron chi connectivity index (χ0n) is 11.0. The van der Waals surface area contributed by atoms with Crippen LogP contribution in [0.15, 0.2) is 0 Å². The highest BCUT2D eigenvalue weighted by atomic mass is 16.3. The van der Waals surface area contributed by atoms with Crippen LogP contribution in [0.2, 0.25) is 0 Å². The highest BCUT2D eigenvalue weighted by Crippen LogP contribution is 2.24. The minimum Gasteiger partial charge on any atom is -0.396 e. The Morgan fingerprint density at radius 2 is 2.11 bits per heavy atom. The van der Waals surface area contributed by atoms with E-state index in [2.05, 4.69) is 15.5 Å². The third-order valence-electron chi connectivity index (χ3n) is 4.01. The van der Waals surface area contributed by atoms with Gasteiger partial charge in [0.15, 0.2) is 0 Å². The molecule has 0 bridgehead atoms. The number of nitrogens with zero attached hydrogens (tertiary/aromatic N) is 1. The topological polar surface area (TPSA) is 64.6 Å². The van der Waals surface area contributed by atoms with Gasteiger partial charge in [0, 0.05) is 19.2 Å². The Morgan fingerprint density at radius 3 is 2.83 bits per heavy atom. The van der Waals surface area contributed by atoms with Gasteiger partial charge >= 0.3 is 0 Å². The molecule has 0 aromatic rings. The summed E-state index contributed by atoms with van der Waals surface area (Å²) in [6, 6.07) is 0.633. The molecule has 0 aliphatic carbocycles. The molecule has 2 rings (SSSR count). The highest BCUT2D eigenvalue weighted by Gasteiger charge is 2.35. The number of likely N-dealkylation sites (tertiary alicyclic amines) is 1. The zero-order chi connectivity index (χ0) is 12.8. The maximum atomic E-state index is 12.1. The highest BCUT2D eigenvalue weighted by molar-refractivity contribution is 5.82. The van der Waals surface area contributed by atoms with E-state index in [4.69, 9.17) is 5.11 Å². The first-order chi connectivity index (χ1) is 8.83. The number of nitrogens with one attached hydrogen (secondary N) is 2. The number of aliphatic hydroxyl groups is 1. The summed E-state index contributed by atoms with van der Waals surface area (Å²) in [6.07, 6.45) is 5.06. The molecule has 2 aliphatic rings. The molecule has 3 N–H and O–H groups in total. The fourth-order valence-corrected chi connectivity index (χ4v) is 3.05. The second-order valence-corrected chi connectivity index (χ2v) is 5.25. The third-order valence-corrected chi connectivity index (χ3v) is 4.01. The molecule has 0 spiro atoms. The van der Waals surface area contributed by atoms with E-state index in [1.54, 1.807) is 0 Å². The number of hydrogen-bond acceptors (Lipinski definition) is 4. The predicted octanol–water partition coefficient (Wildman–Crippen LogP) is -0.299. The van der Waals surface area contributed by atoms with Crippen molar-refractivity contribution in [1.82, 2.24) is 15.5 Å². The van der Waals surface area contributed by atoms with Crippen LogP contribution >= 0.6 is 0 Å². The second-order valence-electron chi connectivity index (χ2n) is 5.25. The van der Waals surface area contributed by atoms with E-state index >= 15 is 0 Å². The van der Waals surface area contributed by atoms with Gasteiger partial charge in [-0.3, -0.25) is 9.69 Å². The molecule has 2 fully saturated rings. The van der Waals surface area contributed by atoms with Crippen LogP contribution in [-0.4, -0.2) is 60.8 Å². The Hall–Kier alpha value is -0.650. The van der Waals surface area contributed by atoms with Crippen molar-refractivity contribution in [3.05, 3.63) is 0 Å². The van der Waals surface area contributed by atoms with Gasteiger partial charge in [-0.25, -0.2) is 0 Å². The summed E-state index contributed by atoms with van der Waals surface area (Å²) in [6.45, 7) is 3.93. The summed E-state index contributed by atoms with van der Waals surface area (Å²) in [5.74, 6) is 0.152. The summed E-state index contributed by atoms with van der Waals surface area (Å²) in [7, 11) is 0. The molecule has 5 nitrogen and oxygen atoms in total. The Kier molecular flexibility index (Phi) is 5.41. The molecule has 1 unspecified atom stereocenters. The van der Waals surface area contributed by atoms with Gasteiger partial charge in [-0.15, -0.1) is 0 Å². The molecule has 1 atom stereocenters. The smallest absolute Gasteiger partial charge is 0.237 e. The Labute approximate surface area is 109 Å². The van der Waals surface area contributed by atoms with Gasteiger partial charge in [0.05, 0.1) is 6.04 Å². The van der Waals surface area contributed by atoms with Gasteiger partial charge in [-0.1, -0.05) is 0 Å². The van der Waals surface area contributed by atoms with Gasteiger partial charge in [0.2, 0.25) is 5.91 Å². The molecule has 2 aliphatic heterocycles. The van der Waals surface area contributed by atoms with Gasteiger partial charge in [-0.05, 0) is 51.7 Å². The minimum absolute atomic E-state index is 0.0618. The molecular weight excluding hydrogens is 230 g/mol. The van der Waals surface area contributed by atoms with Crippen molar-refractivity contribution in [3.63, 3.8) is 0 Å². The Bertz CT molecular complexity index is 267. The van der Waals surface area contributed by atoms with Crippen molar-refractivity contribution < 1.29 is 9.90 Å². The van der Waals surface area contributed by atoms with Crippen LogP contribution in [0.25, 0.3) is 0 Å². The first-order valence-electron chi connectivity index (χ1n) is 7.18. The summed E-state index contributed by atoms with van der Waals surface area (Å²) >= 11 is 0. The lowest BCUT2D eigenvalue weighted by molar-refractivity contribution is -0.126. The quantitative estimate of drug-likeness (QED) is 0.590. The number of amides is 1. The lowest BCUT2D eigenvalue weighted by Gasteiger charge is -2.35. The first-order valence-corrected chi connectivity index (χ1v) is 7.18. The van der Waals surface area contributed by atoms with Crippen molar-refractivity contribution in [3.8, 4) is 0 Å². The third kappa shape index (κ3) is 3.43. The second kappa shape index (κ2) is 7.07. The van der Waals surface area contributed by atoms with Crippen LogP contribution in [0.5, 0.6) is 0 Å². The van der Waals surface area contributed by atoms with E-state index in [0.717, 1.165) is 45.3 Å². The largest absolute Gasteiger partial charge is 0.396 e. The Balaban J connectivity index is 1.84. The number of carbonyl (C=O) groups excluding carboxylic acids is 1. The average Bonchev–Trinajstić information content (AvgIpc) is 2.89. The van der Waals surface area contributed by atoms with Crippen LogP contribution in [0.1, 0.15) is 32.1 Å². The van der Waals surface area contributed by atoms with Crippen LogP contribution in [-0.2, 0) is 4.79 Å². The summed E-state index contributed by atoms with van der Waals surface area (Å²) in [5.41, 5.74) is 0. The molecule has 0 aromatic carbocycles. The van der Waals surface area contributed by atoms with Crippen molar-refractivity contribution >= 4 is 5.91 Å². The summed E-state index contributed by atoms with van der Waals surface area (Å²) in [4.78, 5) is 14.5. The van der Waals surface area contributed by atoms with Crippen LogP contribution in [0.4, 0.5) is 0 Å². The first kappa shape index (κ1) is 13.8. The number of rotatable bonds is 5. The summed E-state index contributed by atoms with van der Waals surface area (Å²) < 4.78 is 0. The number of hydrogen-bond donors (Lipinski definition) is 3. The van der Waals surface area contributed by atoms with Gasteiger partial charge in [0.1, 0.15) is 0 Å². The lowest BCUT2D eigenvalue weighted by Crippen LogP contribution is -2.50. The standard InChI is InChI=1S/C13H25N3O2/c17-10-2-6-15-13(18)12-3-1-9-16(12)11-4-7-14-8-5-11/h11-12,14,17H,1-10H2,(H,15,18). The minimum atomic E-state index is 0.0618. The maximum Gasteiger partial charge on any atom is 0.237 e. The molecule has 104 valence electrons. The molecule has 5 heteroatoms. The lowest BCUT2D eigenvalue weighted by atomic mass is 10.0. The van der Waals surface area contributed by atoms with E-state index in [9.17, 15) is 4.79 Å². The normalized spacial score (nSPS) is 26.4. The van der Waals surface area contributed by atoms with E-state index in [1.165, 1.54) is 0 Å². The SMILES string of the molecule is O=C(NCCCO)C1CCCN1C1CCNCC1. The monoisotopic (exact) mass is 255 g/mol. The van der Waals surface area contributed by atoms with E-state index < -0.39 is 0 Å². The van der Waals surface area contributed by atoms with Gasteiger partial charge in [-0.2, -0.15) is 0 Å². The fourth-order valence-electron chi connectivity index (χ4n) is 3.05. The van der Waals surface area contributed by atoms with Crippen LogP contribution in [0.3, 0.4) is 0 Å². The predicted molar refractivity (Wildman–Crippen MR) is 70.3 cm³/mol. The molecule has 0 aromatic heterocycles. The molecule has 18 heavy (non-hydrogen) atoms. The molecular formula is C13H25N3O2. The maximum absolute atomic E-state index is 12.1. The van der Waals surface area contributed by atoms with Gasteiger partial charge in [0.25, 0.3) is 0 Å². The van der Waals surface area contributed by atoms with Crippen molar-refractivity contribution in [2.24, 2.45) is 0 Å². The van der Waals surface area contributed by atoms with E-state index in [0.29, 0.717) is 19.0 Å². The van der Waals surface area contributed by atoms with E-state index in [1.807, 2.05) is 0 Å². The van der Waals surface area contributed by atoms with E-state index in [-0.39, 0.29) is 18.6 Å². The Morgan fingerprint density at radius 1 is 1.33 bits per heavy atom. The van der Waals surface area contributed by atoms with Gasteiger partial charge < -0.3 is 15.7 Å². The zero-order valence-corrected chi connectivity index (χ0v) is 11.0. The average molecular weight is 255 g/mol. The molecule has 2 heterocycles. The van der Waals surface area contributed by atoms with Crippen LogP contribution in [0, 0.1) is 0 Å². The number of aliphatic hydroxyl groups excluding tert-OH is 1. The van der Waals surface area contributed by atoms with Crippen molar-refractivity contribution in [2.75, 3.05) is 32.8 Å². The fraction of sp³-hybridized carbons (Fsp3) is 0.923. The molecule has 1 amide bonds. The number of piperidine rings is 1.